The molecular weight excluding hydrogens is 246 g/mol. The molecule has 0 spiro atoms. The standard InChI is InChI=1S/C15H16ClNO/c1-2-18-14-5-3-4-11(9-14)12-6-7-15(16)13(8-12)10-17/h3-9H,2,10,17H2,1H3. The second-order valence-electron chi connectivity index (χ2n) is 3.97. The molecule has 0 aliphatic carbocycles. The first kappa shape index (κ1) is 12.9. The lowest BCUT2D eigenvalue weighted by Gasteiger charge is -2.08. The van der Waals surface area contributed by atoms with Crippen molar-refractivity contribution in [3.8, 4) is 16.9 Å². The number of ether oxygens (including phenoxy) is 1. The predicted octanol–water partition coefficient (Wildman–Crippen LogP) is 3.86. The van der Waals surface area contributed by atoms with Gasteiger partial charge in [0.05, 0.1) is 6.61 Å². The summed E-state index contributed by atoms with van der Waals surface area (Å²) in [6.45, 7) is 3.08. The number of hydrogen-bond acceptors (Lipinski definition) is 2. The monoisotopic (exact) mass is 261 g/mol. The van der Waals surface area contributed by atoms with Crippen LogP contribution in [0, 0.1) is 0 Å². The summed E-state index contributed by atoms with van der Waals surface area (Å²) < 4.78 is 5.50. The fourth-order valence-corrected chi connectivity index (χ4v) is 2.04. The van der Waals surface area contributed by atoms with Gasteiger partial charge in [-0.15, -0.1) is 0 Å². The van der Waals surface area contributed by atoms with Gasteiger partial charge in [-0.25, -0.2) is 0 Å². The lowest BCUT2D eigenvalue weighted by Crippen LogP contribution is -1.97. The van der Waals surface area contributed by atoms with Crippen molar-refractivity contribution in [2.75, 3.05) is 6.61 Å². The molecule has 0 saturated carbocycles. The van der Waals surface area contributed by atoms with Crippen LogP contribution in [0.1, 0.15) is 12.5 Å². The van der Waals surface area contributed by atoms with Crippen LogP contribution in [-0.2, 0) is 6.54 Å². The maximum Gasteiger partial charge on any atom is 0.119 e. The topological polar surface area (TPSA) is 35.2 Å². The van der Waals surface area contributed by atoms with Crippen LogP contribution in [0.5, 0.6) is 5.75 Å². The number of benzene rings is 2. The molecule has 0 radical (unpaired) electrons. The van der Waals surface area contributed by atoms with Crippen molar-refractivity contribution in [3.05, 3.63) is 53.1 Å². The first-order valence-electron chi connectivity index (χ1n) is 5.96. The molecule has 0 atom stereocenters. The van der Waals surface area contributed by atoms with Crippen LogP contribution in [0.15, 0.2) is 42.5 Å². The summed E-state index contributed by atoms with van der Waals surface area (Å²) >= 11 is 6.06. The molecule has 2 aromatic carbocycles. The maximum absolute atomic E-state index is 6.06. The fraction of sp³-hybridized carbons (Fsp3) is 0.200. The van der Waals surface area contributed by atoms with E-state index in [-0.39, 0.29) is 0 Å². The van der Waals surface area contributed by atoms with Gasteiger partial charge in [0.25, 0.3) is 0 Å². The Morgan fingerprint density at radius 2 is 1.89 bits per heavy atom. The van der Waals surface area contributed by atoms with E-state index in [9.17, 15) is 0 Å². The predicted molar refractivity (Wildman–Crippen MR) is 75.9 cm³/mol. The number of hydrogen-bond donors (Lipinski definition) is 1. The summed E-state index contributed by atoms with van der Waals surface area (Å²) in [5.74, 6) is 0.874. The van der Waals surface area contributed by atoms with Crippen LogP contribution in [0.4, 0.5) is 0 Å². The Morgan fingerprint density at radius 3 is 2.61 bits per heavy atom. The lowest BCUT2D eigenvalue weighted by molar-refractivity contribution is 0.340. The van der Waals surface area contributed by atoms with Crippen molar-refractivity contribution < 1.29 is 4.74 Å². The SMILES string of the molecule is CCOc1cccc(-c2ccc(Cl)c(CN)c2)c1. The average Bonchev–Trinajstić information content (AvgIpc) is 2.40. The van der Waals surface area contributed by atoms with Gasteiger partial charge in [-0.1, -0.05) is 29.8 Å². The highest BCUT2D eigenvalue weighted by atomic mass is 35.5. The zero-order chi connectivity index (χ0) is 13.0. The van der Waals surface area contributed by atoms with E-state index in [1.54, 1.807) is 0 Å². The van der Waals surface area contributed by atoms with Crippen molar-refractivity contribution in [1.29, 1.82) is 0 Å². The third-order valence-electron chi connectivity index (χ3n) is 2.74. The minimum Gasteiger partial charge on any atom is -0.494 e. The van der Waals surface area contributed by atoms with E-state index < -0.39 is 0 Å². The summed E-state index contributed by atoms with van der Waals surface area (Å²) in [4.78, 5) is 0. The number of halogens is 1. The summed E-state index contributed by atoms with van der Waals surface area (Å²) in [5.41, 5.74) is 8.82. The molecule has 3 heteroatoms. The van der Waals surface area contributed by atoms with E-state index in [0.29, 0.717) is 18.2 Å². The van der Waals surface area contributed by atoms with Gasteiger partial charge < -0.3 is 10.5 Å². The molecule has 0 unspecified atom stereocenters. The van der Waals surface area contributed by atoms with Crippen LogP contribution >= 0.6 is 11.6 Å². The van der Waals surface area contributed by atoms with Crippen LogP contribution in [0.2, 0.25) is 5.02 Å². The minimum absolute atomic E-state index is 0.442. The Labute approximate surface area is 112 Å². The summed E-state index contributed by atoms with van der Waals surface area (Å²) in [5, 5.41) is 0.710. The molecule has 0 aliphatic heterocycles. The first-order chi connectivity index (χ1) is 8.74. The molecule has 0 saturated heterocycles. The molecule has 94 valence electrons. The molecule has 0 aliphatic rings. The van der Waals surface area contributed by atoms with Gasteiger partial charge in [0.2, 0.25) is 0 Å². The van der Waals surface area contributed by atoms with Gasteiger partial charge in [0.15, 0.2) is 0 Å². The zero-order valence-electron chi connectivity index (χ0n) is 10.3. The number of rotatable bonds is 4. The molecule has 0 aromatic heterocycles. The van der Waals surface area contributed by atoms with E-state index in [1.807, 2.05) is 49.4 Å². The number of nitrogens with two attached hydrogens (primary N) is 1. The van der Waals surface area contributed by atoms with Crippen molar-refractivity contribution in [1.82, 2.24) is 0 Å². The molecule has 0 fully saturated rings. The molecule has 2 aromatic rings. The summed E-state index contributed by atoms with van der Waals surface area (Å²) in [6, 6.07) is 13.9. The van der Waals surface area contributed by atoms with Gasteiger partial charge in [0.1, 0.15) is 5.75 Å². The van der Waals surface area contributed by atoms with Crippen molar-refractivity contribution in [3.63, 3.8) is 0 Å². The van der Waals surface area contributed by atoms with Gasteiger partial charge in [-0.2, -0.15) is 0 Å². The zero-order valence-corrected chi connectivity index (χ0v) is 11.1. The van der Waals surface area contributed by atoms with Crippen molar-refractivity contribution in [2.45, 2.75) is 13.5 Å². The molecule has 0 heterocycles. The molecule has 18 heavy (non-hydrogen) atoms. The molecule has 0 amide bonds. The highest BCUT2D eigenvalue weighted by Gasteiger charge is 2.04. The fourth-order valence-electron chi connectivity index (χ4n) is 1.84. The average molecular weight is 262 g/mol. The van der Waals surface area contributed by atoms with Crippen LogP contribution < -0.4 is 10.5 Å². The second-order valence-corrected chi connectivity index (χ2v) is 4.38. The maximum atomic E-state index is 6.06. The highest BCUT2D eigenvalue weighted by molar-refractivity contribution is 6.31. The van der Waals surface area contributed by atoms with Gasteiger partial charge in [-0.3, -0.25) is 0 Å². The third-order valence-corrected chi connectivity index (χ3v) is 3.11. The molecule has 2 rings (SSSR count). The Bertz CT molecular complexity index is 540. The Kier molecular flexibility index (Phi) is 4.24. The minimum atomic E-state index is 0.442. The normalized spacial score (nSPS) is 10.4. The smallest absolute Gasteiger partial charge is 0.119 e. The van der Waals surface area contributed by atoms with Gasteiger partial charge in [-0.05, 0) is 47.9 Å². The Balaban J connectivity index is 2.38. The quantitative estimate of drug-likeness (QED) is 0.907. The Morgan fingerprint density at radius 1 is 1.11 bits per heavy atom. The molecular formula is C15H16ClNO. The van der Waals surface area contributed by atoms with Crippen LogP contribution in [0.3, 0.4) is 0 Å². The lowest BCUT2D eigenvalue weighted by atomic mass is 10.0. The molecule has 2 N–H and O–H groups in total. The van der Waals surface area contributed by atoms with Crippen LogP contribution in [0.25, 0.3) is 11.1 Å². The van der Waals surface area contributed by atoms with Crippen LogP contribution in [-0.4, -0.2) is 6.61 Å². The molecule has 2 nitrogen and oxygen atoms in total. The first-order valence-corrected chi connectivity index (χ1v) is 6.34. The second kappa shape index (κ2) is 5.89. The summed E-state index contributed by atoms with van der Waals surface area (Å²) in [7, 11) is 0. The highest BCUT2D eigenvalue weighted by Crippen LogP contribution is 2.27. The van der Waals surface area contributed by atoms with E-state index in [0.717, 1.165) is 22.4 Å². The largest absolute Gasteiger partial charge is 0.494 e. The third kappa shape index (κ3) is 2.84. The van der Waals surface area contributed by atoms with Gasteiger partial charge in [0, 0.05) is 11.6 Å². The molecule has 0 bridgehead atoms. The summed E-state index contributed by atoms with van der Waals surface area (Å²) in [6.07, 6.45) is 0. The van der Waals surface area contributed by atoms with Gasteiger partial charge >= 0.3 is 0 Å². The Hall–Kier alpha value is -1.51. The van der Waals surface area contributed by atoms with Crippen molar-refractivity contribution >= 4 is 11.6 Å². The van der Waals surface area contributed by atoms with E-state index in [1.165, 1.54) is 0 Å². The van der Waals surface area contributed by atoms with E-state index in [2.05, 4.69) is 0 Å². The van der Waals surface area contributed by atoms with Crippen molar-refractivity contribution in [2.24, 2.45) is 5.73 Å². The van der Waals surface area contributed by atoms with E-state index >= 15 is 0 Å². The van der Waals surface area contributed by atoms with E-state index in [4.69, 9.17) is 22.1 Å².